The number of hydrogen-bond donors (Lipinski definition) is 2. The molecule has 0 spiro atoms. The van der Waals surface area contributed by atoms with E-state index >= 15 is 0 Å². The van der Waals surface area contributed by atoms with Crippen molar-refractivity contribution in [2.45, 2.75) is 13.3 Å². The van der Waals surface area contributed by atoms with E-state index < -0.39 is 12.6 Å². The van der Waals surface area contributed by atoms with E-state index in [2.05, 4.69) is 4.98 Å². The molecule has 0 bridgehead atoms. The third-order valence-corrected chi connectivity index (χ3v) is 4.51. The number of phenols is 1. The molecule has 2 N–H and O–H groups in total. The third kappa shape index (κ3) is 4.32. The SMILES string of the molecule is CCOc1ccc2c(Cc3cc(OC)c(OCC(=O)O)c(OC)c3)cncc2c1O. The predicted molar refractivity (Wildman–Crippen MR) is 110 cm³/mol. The summed E-state index contributed by atoms with van der Waals surface area (Å²) in [5, 5.41) is 20.8. The molecule has 0 radical (unpaired) electrons. The molecular weight excluding hydrogens is 390 g/mol. The van der Waals surface area contributed by atoms with Gasteiger partial charge in [0.15, 0.2) is 29.6 Å². The zero-order valence-electron chi connectivity index (χ0n) is 17.0. The van der Waals surface area contributed by atoms with Crippen LogP contribution >= 0.6 is 0 Å². The van der Waals surface area contributed by atoms with Crippen LogP contribution in [0.25, 0.3) is 10.8 Å². The first kappa shape index (κ1) is 21.0. The normalized spacial score (nSPS) is 10.6. The minimum Gasteiger partial charge on any atom is -0.504 e. The van der Waals surface area contributed by atoms with Gasteiger partial charge in [-0.2, -0.15) is 0 Å². The van der Waals surface area contributed by atoms with Gasteiger partial charge in [0.25, 0.3) is 0 Å². The fourth-order valence-corrected chi connectivity index (χ4v) is 3.22. The lowest BCUT2D eigenvalue weighted by molar-refractivity contribution is -0.139. The summed E-state index contributed by atoms with van der Waals surface area (Å²) < 4.78 is 21.5. The Balaban J connectivity index is 2.00. The minimum atomic E-state index is -1.10. The molecule has 0 saturated carbocycles. The van der Waals surface area contributed by atoms with Gasteiger partial charge < -0.3 is 29.2 Å². The fourth-order valence-electron chi connectivity index (χ4n) is 3.22. The average Bonchev–Trinajstić information content (AvgIpc) is 2.74. The summed E-state index contributed by atoms with van der Waals surface area (Å²) >= 11 is 0. The molecule has 0 aliphatic rings. The van der Waals surface area contributed by atoms with Gasteiger partial charge in [-0.15, -0.1) is 0 Å². The van der Waals surface area contributed by atoms with Crippen molar-refractivity contribution in [2.24, 2.45) is 0 Å². The highest BCUT2D eigenvalue weighted by atomic mass is 16.5. The fraction of sp³-hybridized carbons (Fsp3) is 0.273. The Labute approximate surface area is 173 Å². The smallest absolute Gasteiger partial charge is 0.341 e. The second-order valence-electron chi connectivity index (χ2n) is 6.43. The van der Waals surface area contributed by atoms with Crippen LogP contribution in [0, 0.1) is 0 Å². The maximum absolute atomic E-state index is 10.9. The van der Waals surface area contributed by atoms with E-state index in [9.17, 15) is 9.90 Å². The molecule has 1 aromatic heterocycles. The first-order valence-corrected chi connectivity index (χ1v) is 9.29. The highest BCUT2D eigenvalue weighted by Crippen LogP contribution is 2.40. The highest BCUT2D eigenvalue weighted by Gasteiger charge is 2.17. The first-order chi connectivity index (χ1) is 14.5. The van der Waals surface area contributed by atoms with Crippen LogP contribution in [0.5, 0.6) is 28.7 Å². The maximum Gasteiger partial charge on any atom is 0.341 e. The predicted octanol–water partition coefficient (Wildman–Crippen LogP) is 3.41. The molecule has 3 rings (SSSR count). The number of carbonyl (C=O) groups is 1. The van der Waals surface area contributed by atoms with Crippen LogP contribution in [0.2, 0.25) is 0 Å². The highest BCUT2D eigenvalue weighted by molar-refractivity contribution is 5.92. The molecule has 0 aliphatic heterocycles. The lowest BCUT2D eigenvalue weighted by Gasteiger charge is -2.16. The van der Waals surface area contributed by atoms with Gasteiger partial charge in [-0.05, 0) is 48.1 Å². The number of ether oxygens (including phenoxy) is 4. The van der Waals surface area contributed by atoms with E-state index in [1.54, 1.807) is 30.6 Å². The summed E-state index contributed by atoms with van der Waals surface area (Å²) in [6.07, 6.45) is 3.81. The number of hydrogen-bond acceptors (Lipinski definition) is 7. The van der Waals surface area contributed by atoms with Crippen molar-refractivity contribution in [3.63, 3.8) is 0 Å². The van der Waals surface area contributed by atoms with Gasteiger partial charge in [0, 0.05) is 17.8 Å². The Hall–Kier alpha value is -3.68. The van der Waals surface area contributed by atoms with Crippen molar-refractivity contribution in [3.8, 4) is 28.7 Å². The summed E-state index contributed by atoms with van der Waals surface area (Å²) in [4.78, 5) is 15.1. The maximum atomic E-state index is 10.9. The van der Waals surface area contributed by atoms with Crippen molar-refractivity contribution in [1.82, 2.24) is 4.98 Å². The van der Waals surface area contributed by atoms with Crippen molar-refractivity contribution in [3.05, 3.63) is 47.8 Å². The third-order valence-electron chi connectivity index (χ3n) is 4.51. The average molecular weight is 413 g/mol. The van der Waals surface area contributed by atoms with Crippen LogP contribution in [-0.4, -0.2) is 48.6 Å². The molecule has 3 aromatic rings. The largest absolute Gasteiger partial charge is 0.504 e. The number of aliphatic carboxylic acids is 1. The van der Waals surface area contributed by atoms with Gasteiger partial charge in [0.05, 0.1) is 20.8 Å². The summed E-state index contributed by atoms with van der Waals surface area (Å²) in [7, 11) is 2.94. The number of fused-ring (bicyclic) bond motifs is 1. The van der Waals surface area contributed by atoms with E-state index in [1.165, 1.54) is 14.2 Å². The van der Waals surface area contributed by atoms with Crippen LogP contribution in [0.1, 0.15) is 18.1 Å². The van der Waals surface area contributed by atoms with Gasteiger partial charge in [-0.3, -0.25) is 4.98 Å². The zero-order chi connectivity index (χ0) is 21.7. The van der Waals surface area contributed by atoms with Crippen molar-refractivity contribution in [1.29, 1.82) is 0 Å². The first-order valence-electron chi connectivity index (χ1n) is 9.29. The zero-order valence-corrected chi connectivity index (χ0v) is 17.0. The summed E-state index contributed by atoms with van der Waals surface area (Å²) in [5.41, 5.74) is 1.73. The quantitative estimate of drug-likeness (QED) is 0.550. The van der Waals surface area contributed by atoms with Crippen molar-refractivity contribution in [2.75, 3.05) is 27.4 Å². The molecule has 1 heterocycles. The van der Waals surface area contributed by atoms with E-state index in [1.807, 2.05) is 13.0 Å². The lowest BCUT2D eigenvalue weighted by Crippen LogP contribution is -2.11. The number of aromatic hydroxyl groups is 1. The van der Waals surface area contributed by atoms with Crippen LogP contribution in [-0.2, 0) is 11.2 Å². The lowest BCUT2D eigenvalue weighted by atomic mass is 9.99. The number of methoxy groups -OCH3 is 2. The van der Waals surface area contributed by atoms with Crippen LogP contribution in [0.15, 0.2) is 36.7 Å². The molecule has 30 heavy (non-hydrogen) atoms. The van der Waals surface area contributed by atoms with Crippen LogP contribution in [0.4, 0.5) is 0 Å². The number of carboxylic acid groups (broad SMARTS) is 1. The Morgan fingerprint density at radius 3 is 2.30 bits per heavy atom. The van der Waals surface area contributed by atoms with Crippen molar-refractivity contribution < 1.29 is 34.0 Å². The Bertz CT molecular complexity index is 1040. The molecular formula is C22H23NO7. The van der Waals surface area contributed by atoms with Gasteiger partial charge in [-0.25, -0.2) is 4.79 Å². The molecule has 0 amide bonds. The Kier molecular flexibility index (Phi) is 6.46. The van der Waals surface area contributed by atoms with Gasteiger partial charge >= 0.3 is 5.97 Å². The molecule has 158 valence electrons. The second-order valence-corrected chi connectivity index (χ2v) is 6.43. The molecule has 0 saturated heterocycles. The number of carboxylic acids is 1. The number of pyridine rings is 1. The van der Waals surface area contributed by atoms with Gasteiger partial charge in [-0.1, -0.05) is 6.07 Å². The molecule has 0 aliphatic carbocycles. The topological polar surface area (TPSA) is 107 Å². The minimum absolute atomic E-state index is 0.0521. The molecule has 0 fully saturated rings. The molecule has 0 atom stereocenters. The number of benzene rings is 2. The summed E-state index contributed by atoms with van der Waals surface area (Å²) in [5.74, 6) is 0.307. The molecule has 2 aromatic carbocycles. The number of nitrogens with zero attached hydrogens (tertiary/aromatic N) is 1. The number of phenolic OH excluding ortho intramolecular Hbond substituents is 1. The van der Waals surface area contributed by atoms with Crippen LogP contribution in [0.3, 0.4) is 0 Å². The van der Waals surface area contributed by atoms with Crippen LogP contribution < -0.4 is 18.9 Å². The summed E-state index contributed by atoms with van der Waals surface area (Å²) in [6.45, 7) is 1.78. The van der Waals surface area contributed by atoms with E-state index in [0.717, 1.165) is 16.5 Å². The molecule has 8 heteroatoms. The molecule has 8 nitrogen and oxygen atoms in total. The van der Waals surface area contributed by atoms with Crippen molar-refractivity contribution >= 4 is 16.7 Å². The Morgan fingerprint density at radius 1 is 1.00 bits per heavy atom. The number of aromatic nitrogens is 1. The monoisotopic (exact) mass is 413 g/mol. The Morgan fingerprint density at radius 2 is 1.70 bits per heavy atom. The van der Waals surface area contributed by atoms with E-state index in [-0.39, 0.29) is 11.5 Å². The molecule has 0 unspecified atom stereocenters. The second kappa shape index (κ2) is 9.21. The van der Waals surface area contributed by atoms with E-state index in [0.29, 0.717) is 35.7 Å². The van der Waals surface area contributed by atoms with Gasteiger partial charge in [0.1, 0.15) is 0 Å². The summed E-state index contributed by atoms with van der Waals surface area (Å²) in [6, 6.07) is 7.13. The van der Waals surface area contributed by atoms with E-state index in [4.69, 9.17) is 24.1 Å². The van der Waals surface area contributed by atoms with Gasteiger partial charge in [0.2, 0.25) is 5.75 Å². The number of rotatable bonds is 9. The standard InChI is InChI=1S/C22H23NO7/c1-4-29-17-6-5-15-14(10-23-11-16(15)21(17)26)7-13-8-18(27-2)22(19(9-13)28-3)30-12-20(24)25/h5-6,8-11,26H,4,7,12H2,1-3H3,(H,24,25).